The van der Waals surface area contributed by atoms with Gasteiger partial charge >= 0.3 is 5.97 Å². The number of carbonyl (C=O) groups excluding carboxylic acids is 2. The van der Waals surface area contributed by atoms with Crippen molar-refractivity contribution in [3.05, 3.63) is 82.0 Å². The number of benzene rings is 2. The summed E-state index contributed by atoms with van der Waals surface area (Å²) in [5.41, 5.74) is 2.73. The fourth-order valence-electron chi connectivity index (χ4n) is 3.63. The average molecular weight is 478 g/mol. The molecular weight excluding hydrogens is 450 g/mol. The molecular formula is C26H27N3O4S. The third-order valence-corrected chi connectivity index (χ3v) is 6.17. The molecule has 0 saturated carbocycles. The fraction of sp³-hybridized carbons (Fsp3) is 0.269. The first-order valence-electron chi connectivity index (χ1n) is 10.9. The lowest BCUT2D eigenvalue weighted by atomic mass is 9.82. The Morgan fingerprint density at radius 1 is 1.15 bits per heavy atom. The van der Waals surface area contributed by atoms with Crippen molar-refractivity contribution in [2.75, 3.05) is 24.8 Å². The molecule has 176 valence electrons. The highest BCUT2D eigenvalue weighted by atomic mass is 32.2. The lowest BCUT2D eigenvalue weighted by Crippen LogP contribution is -2.31. The third-order valence-electron chi connectivity index (χ3n) is 5.18. The summed E-state index contributed by atoms with van der Waals surface area (Å²) in [5, 5.41) is 16.7. The Balaban J connectivity index is 1.97. The van der Waals surface area contributed by atoms with E-state index in [1.807, 2.05) is 43.3 Å². The number of allylic oxidation sites excluding steroid dienone is 2. The zero-order valence-electron chi connectivity index (χ0n) is 19.4. The Morgan fingerprint density at radius 3 is 2.53 bits per heavy atom. The summed E-state index contributed by atoms with van der Waals surface area (Å²) in [5.74, 6) is -0.702. The van der Waals surface area contributed by atoms with E-state index in [2.05, 4.69) is 16.7 Å². The number of esters is 1. The van der Waals surface area contributed by atoms with E-state index >= 15 is 0 Å². The topological polar surface area (TPSA) is 100 Å². The normalized spacial score (nSPS) is 15.3. The standard InChI is InChI=1S/C26H27N3O4S/c1-4-14-33-22(30)16-34-26-19(15-27)24(18-10-6-5-7-11-18)23(17(2)28-26)25(31)29-20-12-8-9-13-21(20)32-3/h5-13,24,28H,4,14,16H2,1-3H3,(H,29,31)/t24-/m0/s1. The Labute approximate surface area is 203 Å². The Bertz CT molecular complexity index is 1150. The lowest BCUT2D eigenvalue weighted by molar-refractivity contribution is -0.140. The van der Waals surface area contributed by atoms with E-state index in [1.165, 1.54) is 18.9 Å². The maximum Gasteiger partial charge on any atom is 0.316 e. The summed E-state index contributed by atoms with van der Waals surface area (Å²) in [7, 11) is 1.54. The number of nitrogens with zero attached hydrogens (tertiary/aromatic N) is 1. The molecule has 0 aliphatic carbocycles. The molecule has 2 aromatic rings. The zero-order valence-corrected chi connectivity index (χ0v) is 20.2. The number of anilines is 1. The number of para-hydroxylation sites is 2. The molecule has 0 saturated heterocycles. The molecule has 0 spiro atoms. The van der Waals surface area contributed by atoms with Crippen molar-refractivity contribution in [3.63, 3.8) is 0 Å². The van der Waals surface area contributed by atoms with Crippen LogP contribution in [-0.4, -0.2) is 31.3 Å². The molecule has 2 aromatic carbocycles. The molecule has 7 nitrogen and oxygen atoms in total. The van der Waals surface area contributed by atoms with E-state index in [-0.39, 0.29) is 17.6 Å². The van der Waals surface area contributed by atoms with Gasteiger partial charge in [0.25, 0.3) is 5.91 Å². The number of dihydropyridines is 1. The van der Waals surface area contributed by atoms with Gasteiger partial charge in [0, 0.05) is 11.3 Å². The van der Waals surface area contributed by atoms with E-state index in [1.54, 1.807) is 25.1 Å². The molecule has 3 rings (SSSR count). The van der Waals surface area contributed by atoms with Crippen LogP contribution in [0, 0.1) is 11.3 Å². The van der Waals surface area contributed by atoms with Gasteiger partial charge in [-0.25, -0.2) is 0 Å². The molecule has 1 aliphatic heterocycles. The molecule has 1 atom stereocenters. The molecule has 0 fully saturated rings. The Morgan fingerprint density at radius 2 is 1.85 bits per heavy atom. The van der Waals surface area contributed by atoms with E-state index in [0.717, 1.165) is 12.0 Å². The third kappa shape index (κ3) is 5.80. The minimum Gasteiger partial charge on any atom is -0.495 e. The Kier molecular flexibility index (Phi) is 8.77. The summed E-state index contributed by atoms with van der Waals surface area (Å²) < 4.78 is 10.5. The number of hydrogen-bond donors (Lipinski definition) is 2. The van der Waals surface area contributed by atoms with Crippen LogP contribution in [0.1, 0.15) is 31.7 Å². The largest absolute Gasteiger partial charge is 0.495 e. The number of rotatable bonds is 9. The second-order valence-electron chi connectivity index (χ2n) is 7.53. The molecule has 34 heavy (non-hydrogen) atoms. The van der Waals surface area contributed by atoms with Gasteiger partial charge in [0.1, 0.15) is 5.75 Å². The van der Waals surface area contributed by atoms with Crippen LogP contribution >= 0.6 is 11.8 Å². The van der Waals surface area contributed by atoms with Crippen LogP contribution in [0.4, 0.5) is 5.69 Å². The van der Waals surface area contributed by atoms with Crippen molar-refractivity contribution < 1.29 is 19.1 Å². The lowest BCUT2D eigenvalue weighted by Gasteiger charge is -2.30. The average Bonchev–Trinajstić information content (AvgIpc) is 2.86. The molecule has 8 heteroatoms. The molecule has 1 heterocycles. The first-order chi connectivity index (χ1) is 16.5. The van der Waals surface area contributed by atoms with Gasteiger partial charge in [-0.3, -0.25) is 9.59 Å². The predicted octanol–water partition coefficient (Wildman–Crippen LogP) is 4.72. The summed E-state index contributed by atoms with van der Waals surface area (Å²) in [4.78, 5) is 25.5. The molecule has 0 aromatic heterocycles. The van der Waals surface area contributed by atoms with E-state index < -0.39 is 5.92 Å². The van der Waals surface area contributed by atoms with Crippen molar-refractivity contribution in [1.82, 2.24) is 5.32 Å². The fourth-order valence-corrected chi connectivity index (χ4v) is 4.52. The van der Waals surface area contributed by atoms with Gasteiger partial charge in [0.05, 0.1) is 47.7 Å². The van der Waals surface area contributed by atoms with Crippen molar-refractivity contribution in [1.29, 1.82) is 5.26 Å². The van der Waals surface area contributed by atoms with Gasteiger partial charge < -0.3 is 20.1 Å². The maximum atomic E-state index is 13.5. The minimum atomic E-state index is -0.601. The number of ether oxygens (including phenoxy) is 2. The van der Waals surface area contributed by atoms with Crippen LogP contribution in [0.5, 0.6) is 5.75 Å². The number of amides is 1. The number of hydrogen-bond acceptors (Lipinski definition) is 7. The van der Waals surface area contributed by atoms with Gasteiger partial charge in [-0.2, -0.15) is 5.26 Å². The quantitative estimate of drug-likeness (QED) is 0.504. The number of carbonyl (C=O) groups is 2. The molecule has 0 radical (unpaired) electrons. The van der Waals surface area contributed by atoms with Crippen LogP contribution in [0.25, 0.3) is 0 Å². The van der Waals surface area contributed by atoms with Gasteiger partial charge in [-0.05, 0) is 31.0 Å². The highest BCUT2D eigenvalue weighted by molar-refractivity contribution is 8.03. The van der Waals surface area contributed by atoms with Crippen molar-refractivity contribution in [2.24, 2.45) is 0 Å². The van der Waals surface area contributed by atoms with E-state index in [9.17, 15) is 14.9 Å². The van der Waals surface area contributed by atoms with Crippen molar-refractivity contribution in [3.8, 4) is 11.8 Å². The summed E-state index contributed by atoms with van der Waals surface area (Å²) in [6.07, 6.45) is 0.739. The molecule has 0 bridgehead atoms. The number of methoxy groups -OCH3 is 1. The van der Waals surface area contributed by atoms with Crippen molar-refractivity contribution >= 4 is 29.3 Å². The highest BCUT2D eigenvalue weighted by Gasteiger charge is 2.35. The van der Waals surface area contributed by atoms with E-state index in [0.29, 0.717) is 39.9 Å². The molecule has 2 N–H and O–H groups in total. The predicted molar refractivity (Wildman–Crippen MR) is 133 cm³/mol. The molecule has 1 aliphatic rings. The smallest absolute Gasteiger partial charge is 0.316 e. The first-order valence-corrected chi connectivity index (χ1v) is 11.9. The van der Waals surface area contributed by atoms with Gasteiger partial charge in [0.15, 0.2) is 0 Å². The summed E-state index contributed by atoms with van der Waals surface area (Å²) in [6.45, 7) is 4.07. The maximum absolute atomic E-state index is 13.5. The number of nitrogens with one attached hydrogen (secondary N) is 2. The van der Waals surface area contributed by atoms with Crippen LogP contribution in [-0.2, 0) is 14.3 Å². The van der Waals surface area contributed by atoms with Gasteiger partial charge in [0.2, 0.25) is 0 Å². The van der Waals surface area contributed by atoms with Crippen LogP contribution in [0.2, 0.25) is 0 Å². The zero-order chi connectivity index (χ0) is 24.5. The van der Waals surface area contributed by atoms with Crippen LogP contribution in [0.15, 0.2) is 76.5 Å². The monoisotopic (exact) mass is 477 g/mol. The first kappa shape index (κ1) is 24.9. The SMILES string of the molecule is CCCOC(=O)CSC1=C(C#N)[C@H](c2ccccc2)C(C(=O)Nc2ccccc2OC)=C(C)N1. The molecule has 1 amide bonds. The van der Waals surface area contributed by atoms with Crippen LogP contribution in [0.3, 0.4) is 0 Å². The second-order valence-corrected chi connectivity index (χ2v) is 8.51. The van der Waals surface area contributed by atoms with Crippen molar-refractivity contribution in [2.45, 2.75) is 26.2 Å². The Hall–Kier alpha value is -3.70. The second kappa shape index (κ2) is 12.0. The number of nitriles is 1. The van der Waals surface area contributed by atoms with E-state index in [4.69, 9.17) is 9.47 Å². The molecule has 0 unspecified atom stereocenters. The summed E-state index contributed by atoms with van der Waals surface area (Å²) >= 11 is 1.20. The summed E-state index contributed by atoms with van der Waals surface area (Å²) in [6, 6.07) is 18.8. The minimum absolute atomic E-state index is 0.0606. The van der Waals surface area contributed by atoms with Gasteiger partial charge in [-0.1, -0.05) is 61.2 Å². The van der Waals surface area contributed by atoms with Crippen LogP contribution < -0.4 is 15.4 Å². The van der Waals surface area contributed by atoms with Gasteiger partial charge in [-0.15, -0.1) is 0 Å². The number of thioether (sulfide) groups is 1. The highest BCUT2D eigenvalue weighted by Crippen LogP contribution is 2.41.